The van der Waals surface area contributed by atoms with Gasteiger partial charge in [-0.05, 0) is 31.1 Å². The van der Waals surface area contributed by atoms with E-state index in [4.69, 9.17) is 0 Å². The lowest BCUT2D eigenvalue weighted by Gasteiger charge is -1.96. The highest BCUT2D eigenvalue weighted by Gasteiger charge is 2.25. The van der Waals surface area contributed by atoms with Crippen LogP contribution in [0.25, 0.3) is 0 Å². The molecule has 0 amide bonds. The molecule has 0 saturated heterocycles. The summed E-state index contributed by atoms with van der Waals surface area (Å²) in [5.41, 5.74) is 0. The van der Waals surface area contributed by atoms with Crippen LogP contribution in [0.2, 0.25) is 0 Å². The molecule has 0 aromatic carbocycles. The average molecular weight is 108 g/mol. The Morgan fingerprint density at radius 3 is 1.62 bits per heavy atom. The number of hydrogen-bond donors (Lipinski definition) is 0. The topological polar surface area (TPSA) is 0 Å². The molecule has 0 aromatic rings. The summed E-state index contributed by atoms with van der Waals surface area (Å²) in [5.74, 6) is 1.98. The van der Waals surface area contributed by atoms with E-state index in [1.807, 2.05) is 0 Å². The molecule has 0 N–H and O–H groups in total. The van der Waals surface area contributed by atoms with E-state index in [-0.39, 0.29) is 8.41 Å². The highest BCUT2D eigenvalue weighted by atomic mass is 14.3. The van der Waals surface area contributed by atoms with Gasteiger partial charge in [0.15, 0.2) is 0 Å². The van der Waals surface area contributed by atoms with Gasteiger partial charge in [0.25, 0.3) is 0 Å². The van der Waals surface area contributed by atoms with Gasteiger partial charge in [0.05, 0.1) is 8.41 Å². The van der Waals surface area contributed by atoms with Crippen molar-refractivity contribution in [3.63, 3.8) is 0 Å². The van der Waals surface area contributed by atoms with Crippen molar-refractivity contribution in [2.45, 2.75) is 19.3 Å². The summed E-state index contributed by atoms with van der Waals surface area (Å²) >= 11 is 0. The van der Waals surface area contributed by atoms with Gasteiger partial charge < -0.3 is 0 Å². The lowest BCUT2D eigenvalue weighted by molar-refractivity contribution is 0.691. The van der Waals surface area contributed by atoms with Crippen molar-refractivity contribution in [2.75, 3.05) is 0 Å². The molecule has 0 nitrogen and oxygen atoms in total. The summed E-state index contributed by atoms with van der Waals surface area (Å²) in [5, 5.41) is 0. The van der Waals surface area contributed by atoms with Crippen molar-refractivity contribution in [3.05, 3.63) is 12.2 Å². The minimum atomic E-state index is 0. The fourth-order valence-corrected chi connectivity index (χ4v) is 1.72. The number of allylic oxidation sites excluding steroid dienone is 2. The predicted octanol–water partition coefficient (Wildman–Crippen LogP) is 0.789. The van der Waals surface area contributed by atoms with Crippen molar-refractivity contribution >= 4 is 8.41 Å². The van der Waals surface area contributed by atoms with Gasteiger partial charge in [0, 0.05) is 0 Å². The molecular weight excluding hydrogens is 94.9 g/mol. The van der Waals surface area contributed by atoms with Gasteiger partial charge in [0.2, 0.25) is 0 Å². The molecule has 44 valence electrons. The molecule has 2 bridgehead atoms. The summed E-state index contributed by atoms with van der Waals surface area (Å²) < 4.78 is 0. The minimum absolute atomic E-state index is 0. The second-order valence-corrected chi connectivity index (χ2v) is 2.72. The Morgan fingerprint density at radius 1 is 1.00 bits per heavy atom. The van der Waals surface area contributed by atoms with Crippen LogP contribution >= 0.6 is 0 Å². The molecule has 0 radical (unpaired) electrons. The fraction of sp³-hybridized carbons (Fsp3) is 0.714. The SMILES string of the molecule is B.C1=CC2CCC1C2. The summed E-state index contributed by atoms with van der Waals surface area (Å²) in [4.78, 5) is 0. The molecule has 2 aliphatic rings. The number of hydrogen-bond acceptors (Lipinski definition) is 0. The summed E-state index contributed by atoms with van der Waals surface area (Å²) in [6.45, 7) is 0. The molecule has 0 heterocycles. The Hall–Kier alpha value is -0.195. The maximum absolute atomic E-state index is 2.38. The lowest BCUT2D eigenvalue weighted by atomic mass is 10.1. The Morgan fingerprint density at radius 2 is 1.50 bits per heavy atom. The number of fused-ring (bicyclic) bond motifs is 2. The Balaban J connectivity index is 0.000000320. The largest absolute Gasteiger partial charge is 0.0851 e. The van der Waals surface area contributed by atoms with Crippen molar-refractivity contribution in [3.8, 4) is 0 Å². The standard InChI is InChI=1S/C7H10.BH3/c1-2-7-4-3-6(1)5-7;/h1-2,6-7H,3-5H2;1H3. The normalized spacial score (nSPS) is 40.0. The van der Waals surface area contributed by atoms with E-state index in [0.717, 1.165) is 11.8 Å². The molecule has 1 fully saturated rings. The third kappa shape index (κ3) is 0.703. The van der Waals surface area contributed by atoms with Crippen LogP contribution in [-0.2, 0) is 0 Å². The third-order valence-corrected chi connectivity index (χ3v) is 2.17. The van der Waals surface area contributed by atoms with Crippen molar-refractivity contribution in [1.29, 1.82) is 0 Å². The van der Waals surface area contributed by atoms with Gasteiger partial charge in [-0.1, -0.05) is 12.2 Å². The molecule has 2 rings (SSSR count). The predicted molar refractivity (Wildman–Crippen MR) is 39.9 cm³/mol. The fourth-order valence-electron chi connectivity index (χ4n) is 1.72. The van der Waals surface area contributed by atoms with Crippen LogP contribution in [0.5, 0.6) is 0 Å². The quantitative estimate of drug-likeness (QED) is 0.318. The highest BCUT2D eigenvalue weighted by Crippen LogP contribution is 2.38. The minimum Gasteiger partial charge on any atom is -0.0851 e. The van der Waals surface area contributed by atoms with E-state index in [1.165, 1.54) is 19.3 Å². The van der Waals surface area contributed by atoms with Gasteiger partial charge in [-0.25, -0.2) is 0 Å². The Labute approximate surface area is 52.5 Å². The summed E-state index contributed by atoms with van der Waals surface area (Å²) in [6, 6.07) is 0. The van der Waals surface area contributed by atoms with Gasteiger partial charge in [-0.2, -0.15) is 0 Å². The lowest BCUT2D eigenvalue weighted by Crippen LogP contribution is -1.82. The van der Waals surface area contributed by atoms with Crippen molar-refractivity contribution < 1.29 is 0 Å². The van der Waals surface area contributed by atoms with E-state index < -0.39 is 0 Å². The summed E-state index contributed by atoms with van der Waals surface area (Å²) in [7, 11) is 0. The van der Waals surface area contributed by atoms with E-state index in [0.29, 0.717) is 0 Å². The molecule has 0 spiro atoms. The molecule has 1 saturated carbocycles. The first kappa shape index (κ1) is 5.93. The van der Waals surface area contributed by atoms with Gasteiger partial charge in [0.1, 0.15) is 0 Å². The van der Waals surface area contributed by atoms with Crippen molar-refractivity contribution in [1.82, 2.24) is 0 Å². The monoisotopic (exact) mass is 108 g/mol. The third-order valence-electron chi connectivity index (χ3n) is 2.17. The molecule has 0 aliphatic heterocycles. The van der Waals surface area contributed by atoms with E-state index in [2.05, 4.69) is 12.2 Å². The second kappa shape index (κ2) is 1.96. The van der Waals surface area contributed by atoms with Crippen LogP contribution in [0, 0.1) is 11.8 Å². The smallest absolute Gasteiger partial charge is 0.0814 e. The van der Waals surface area contributed by atoms with E-state index in [1.54, 1.807) is 0 Å². The second-order valence-electron chi connectivity index (χ2n) is 2.72. The highest BCUT2D eigenvalue weighted by molar-refractivity contribution is 5.75. The Bertz CT molecular complexity index is 95.0. The summed E-state index contributed by atoms with van der Waals surface area (Å²) in [6.07, 6.45) is 9.19. The molecule has 1 heteroatoms. The van der Waals surface area contributed by atoms with Gasteiger partial charge in [-0.3, -0.25) is 0 Å². The zero-order chi connectivity index (χ0) is 4.69. The average Bonchev–Trinajstić information content (AvgIpc) is 2.22. The molecule has 0 aromatic heterocycles. The first-order valence-electron chi connectivity index (χ1n) is 3.13. The molecule has 2 unspecified atom stereocenters. The van der Waals surface area contributed by atoms with Crippen LogP contribution in [0.15, 0.2) is 12.2 Å². The van der Waals surface area contributed by atoms with Crippen LogP contribution in [0.3, 0.4) is 0 Å². The zero-order valence-electron chi connectivity index (χ0n) is 4.43. The van der Waals surface area contributed by atoms with E-state index in [9.17, 15) is 0 Å². The van der Waals surface area contributed by atoms with Crippen LogP contribution in [-0.4, -0.2) is 8.41 Å². The zero-order valence-corrected chi connectivity index (χ0v) is 4.43. The number of rotatable bonds is 0. The van der Waals surface area contributed by atoms with Gasteiger partial charge in [-0.15, -0.1) is 0 Å². The Kier molecular flexibility index (Phi) is 1.46. The van der Waals surface area contributed by atoms with Crippen LogP contribution in [0.4, 0.5) is 0 Å². The van der Waals surface area contributed by atoms with Crippen LogP contribution in [0.1, 0.15) is 19.3 Å². The van der Waals surface area contributed by atoms with Gasteiger partial charge >= 0.3 is 0 Å². The maximum Gasteiger partial charge on any atom is 0.0814 e. The molecule has 2 atom stereocenters. The first-order chi connectivity index (χ1) is 3.45. The molecule has 2 aliphatic carbocycles. The first-order valence-corrected chi connectivity index (χ1v) is 3.13. The van der Waals surface area contributed by atoms with Crippen LogP contribution < -0.4 is 0 Å². The molecular formula is C7H13B. The van der Waals surface area contributed by atoms with E-state index >= 15 is 0 Å². The molecule has 8 heavy (non-hydrogen) atoms. The van der Waals surface area contributed by atoms with Crippen molar-refractivity contribution in [2.24, 2.45) is 11.8 Å². The maximum atomic E-state index is 2.38.